The molecule has 0 aliphatic rings. The van der Waals surface area contributed by atoms with E-state index in [1.54, 1.807) is 0 Å². The first-order valence-corrected chi connectivity index (χ1v) is 8.27. The van der Waals surface area contributed by atoms with Crippen molar-refractivity contribution < 1.29 is 26.1 Å². The van der Waals surface area contributed by atoms with Crippen LogP contribution >= 0.6 is 0 Å². The molecule has 0 aromatic heterocycles. The molecule has 0 spiro atoms. The Labute approximate surface area is 91.8 Å². The summed E-state index contributed by atoms with van der Waals surface area (Å²) in [4.78, 5) is 0. The molecule has 87 valence electrons. The van der Waals surface area contributed by atoms with E-state index in [9.17, 15) is 0 Å². The van der Waals surface area contributed by atoms with E-state index in [1.807, 2.05) is 47.2 Å². The zero-order valence-corrected chi connectivity index (χ0v) is 11.8. The van der Waals surface area contributed by atoms with Gasteiger partial charge in [-0.15, -0.1) is 0 Å². The maximum absolute atomic E-state index is 5.79. The van der Waals surface area contributed by atoms with Crippen molar-refractivity contribution in [3.05, 3.63) is 0 Å². The Morgan fingerprint density at radius 2 is 0.857 bits per heavy atom. The summed E-state index contributed by atoms with van der Waals surface area (Å²) in [6, 6.07) is 0. The van der Waals surface area contributed by atoms with Crippen LogP contribution in [0.15, 0.2) is 0 Å². The fourth-order valence-corrected chi connectivity index (χ4v) is 5.04. The quantitative estimate of drug-likeness (QED) is 0.717. The van der Waals surface area contributed by atoms with E-state index in [-0.39, 0.29) is 18.3 Å². The molecule has 0 aliphatic heterocycles. The monoisotopic (exact) mass is 243 g/mol. The number of rotatable bonds is 6. The van der Waals surface area contributed by atoms with Crippen molar-refractivity contribution in [2.45, 2.75) is 65.5 Å². The molecule has 0 aromatic carbocycles. The van der Waals surface area contributed by atoms with Crippen LogP contribution in [0.1, 0.15) is 41.5 Å². The average Bonchev–Trinajstić information content (AvgIpc) is 1.76. The van der Waals surface area contributed by atoms with Gasteiger partial charge in [0.2, 0.25) is 0 Å². The van der Waals surface area contributed by atoms with Crippen molar-refractivity contribution in [3.8, 4) is 0 Å². The summed E-state index contributed by atoms with van der Waals surface area (Å²) in [5.74, 6) is 0. The van der Waals surface area contributed by atoms with Gasteiger partial charge in [0.1, 0.15) is 0 Å². The van der Waals surface area contributed by atoms with Crippen molar-refractivity contribution in [2.24, 2.45) is 0 Å². The standard InChI is InChI=1S/3C3H7O.CH3.V/c3*1-3(2)4;;/h3*3H,1-2H3;1H3;/q3*-1;;+3. The van der Waals surface area contributed by atoms with E-state index in [0.29, 0.717) is 0 Å². The number of hydrogen-bond donors (Lipinski definition) is 0. The van der Waals surface area contributed by atoms with Crippen LogP contribution in [0.2, 0.25) is 5.64 Å². The van der Waals surface area contributed by atoms with Crippen LogP contribution in [0.3, 0.4) is 0 Å². The molecule has 0 atom stereocenters. The first kappa shape index (κ1) is 14.5. The Morgan fingerprint density at radius 1 is 0.643 bits per heavy atom. The van der Waals surface area contributed by atoms with Crippen LogP contribution in [-0.4, -0.2) is 18.3 Å². The molecule has 0 bridgehead atoms. The molecule has 0 fully saturated rings. The summed E-state index contributed by atoms with van der Waals surface area (Å²) >= 11 is -2.80. The Morgan fingerprint density at radius 3 is 1.00 bits per heavy atom. The Kier molecular flexibility index (Phi) is 6.34. The van der Waals surface area contributed by atoms with E-state index in [4.69, 9.17) is 11.0 Å². The van der Waals surface area contributed by atoms with Gasteiger partial charge in [-0.25, -0.2) is 0 Å². The molecule has 0 heterocycles. The maximum atomic E-state index is 5.79. The van der Waals surface area contributed by atoms with Gasteiger partial charge in [0, 0.05) is 0 Å². The van der Waals surface area contributed by atoms with Gasteiger partial charge < -0.3 is 0 Å². The Hall–Kier alpha value is 0.464. The van der Waals surface area contributed by atoms with Gasteiger partial charge in [-0.2, -0.15) is 0 Å². The second-order valence-corrected chi connectivity index (χ2v) is 7.63. The van der Waals surface area contributed by atoms with E-state index in [1.165, 1.54) is 0 Å². The first-order valence-electron chi connectivity index (χ1n) is 5.17. The molecule has 0 unspecified atom stereocenters. The molecule has 0 saturated heterocycles. The van der Waals surface area contributed by atoms with Crippen LogP contribution in [0.4, 0.5) is 0 Å². The topological polar surface area (TPSA) is 27.7 Å². The van der Waals surface area contributed by atoms with Crippen molar-refractivity contribution in [3.63, 3.8) is 0 Å². The molecular formula is C10H24O3V. The number of hydrogen-bond acceptors (Lipinski definition) is 3. The third-order valence-electron chi connectivity index (χ3n) is 1.21. The fourth-order valence-electron chi connectivity index (χ4n) is 1.22. The Bertz CT molecular complexity index is 131. The third kappa shape index (κ3) is 6.85. The minimum atomic E-state index is -2.80. The first-order chi connectivity index (χ1) is 6.25. The zero-order valence-electron chi connectivity index (χ0n) is 10.4. The Balaban J connectivity index is 4.32. The summed E-state index contributed by atoms with van der Waals surface area (Å²) in [5.41, 5.74) is 1.98. The van der Waals surface area contributed by atoms with Crippen LogP contribution in [0.25, 0.3) is 0 Å². The van der Waals surface area contributed by atoms with Gasteiger partial charge >= 0.3 is 91.6 Å². The molecule has 4 heteroatoms. The summed E-state index contributed by atoms with van der Waals surface area (Å²) < 4.78 is 17.4. The van der Waals surface area contributed by atoms with Crippen LogP contribution in [0.5, 0.6) is 0 Å². The molecule has 0 saturated carbocycles. The second kappa shape index (κ2) is 6.14. The van der Waals surface area contributed by atoms with Crippen LogP contribution < -0.4 is 0 Å². The predicted molar refractivity (Wildman–Crippen MR) is 54.5 cm³/mol. The van der Waals surface area contributed by atoms with Gasteiger partial charge in [0.25, 0.3) is 0 Å². The van der Waals surface area contributed by atoms with Crippen LogP contribution in [0, 0.1) is 0 Å². The average molecular weight is 243 g/mol. The van der Waals surface area contributed by atoms with E-state index < -0.39 is 15.1 Å². The fraction of sp³-hybridized carbons (Fsp3) is 1.00. The van der Waals surface area contributed by atoms with Gasteiger partial charge in [-0.3, -0.25) is 0 Å². The normalized spacial score (nSPS) is 13.3. The summed E-state index contributed by atoms with van der Waals surface area (Å²) in [6.07, 6.45) is 0.472. The minimum absolute atomic E-state index is 0.157. The molecule has 0 aromatic rings. The molecule has 0 aliphatic carbocycles. The van der Waals surface area contributed by atoms with Crippen molar-refractivity contribution in [1.82, 2.24) is 0 Å². The van der Waals surface area contributed by atoms with Crippen molar-refractivity contribution >= 4 is 0 Å². The zero-order chi connectivity index (χ0) is 11.4. The van der Waals surface area contributed by atoms with Gasteiger partial charge in [-0.1, -0.05) is 0 Å². The molecule has 0 N–H and O–H groups in total. The second-order valence-electron chi connectivity index (χ2n) is 4.23. The molecular weight excluding hydrogens is 219 g/mol. The van der Waals surface area contributed by atoms with E-state index in [0.717, 1.165) is 0 Å². The summed E-state index contributed by atoms with van der Waals surface area (Å²) in [6.45, 7) is 12.0. The predicted octanol–water partition coefficient (Wildman–Crippen LogP) is 3.21. The van der Waals surface area contributed by atoms with Gasteiger partial charge in [0.05, 0.1) is 0 Å². The molecule has 0 rings (SSSR count). The summed E-state index contributed by atoms with van der Waals surface area (Å²) in [5, 5.41) is 0. The molecule has 14 heavy (non-hydrogen) atoms. The van der Waals surface area contributed by atoms with Gasteiger partial charge in [0.15, 0.2) is 0 Å². The van der Waals surface area contributed by atoms with Gasteiger partial charge in [-0.05, 0) is 0 Å². The third-order valence-corrected chi connectivity index (χ3v) is 4.98. The SMILES string of the molecule is CC(C)[O][V]([CH3])([O]C(C)C)[O]C(C)C. The molecule has 3 nitrogen and oxygen atoms in total. The molecule has 0 radical (unpaired) electrons. The van der Waals surface area contributed by atoms with Crippen molar-refractivity contribution in [1.29, 1.82) is 0 Å². The summed E-state index contributed by atoms with van der Waals surface area (Å²) in [7, 11) is 0. The van der Waals surface area contributed by atoms with Crippen molar-refractivity contribution in [2.75, 3.05) is 0 Å². The van der Waals surface area contributed by atoms with Crippen LogP contribution in [-0.2, 0) is 26.1 Å². The molecule has 0 amide bonds. The van der Waals surface area contributed by atoms with E-state index >= 15 is 0 Å². The van der Waals surface area contributed by atoms with E-state index in [2.05, 4.69) is 0 Å².